The van der Waals surface area contributed by atoms with Crippen LogP contribution in [0.4, 0.5) is 0 Å². The molecule has 0 aliphatic heterocycles. The molecule has 3 heteroatoms. The lowest BCUT2D eigenvalue weighted by Gasteiger charge is -2.14. The standard InChI is InChI=1S/C19H22O3/c1-3-15(2)17-11-7-8-12-18(17)22-19(20)14-21-13-16-9-5-4-6-10-16/h4-12,15H,3,13-14H2,1-2H3. The molecule has 0 aliphatic carbocycles. The molecular weight excluding hydrogens is 276 g/mol. The molecule has 0 amide bonds. The molecule has 0 aromatic heterocycles. The molecule has 0 bridgehead atoms. The number of hydrogen-bond donors (Lipinski definition) is 0. The van der Waals surface area contributed by atoms with Crippen LogP contribution in [0, 0.1) is 0 Å². The van der Waals surface area contributed by atoms with Gasteiger partial charge in [-0.1, -0.05) is 62.4 Å². The summed E-state index contributed by atoms with van der Waals surface area (Å²) in [4.78, 5) is 11.9. The zero-order valence-corrected chi connectivity index (χ0v) is 13.1. The predicted octanol–water partition coefficient (Wildman–Crippen LogP) is 4.32. The molecule has 0 spiro atoms. The fraction of sp³-hybridized carbons (Fsp3) is 0.316. The molecule has 0 aliphatic rings. The van der Waals surface area contributed by atoms with Crippen LogP contribution < -0.4 is 4.74 Å². The van der Waals surface area contributed by atoms with E-state index in [0.717, 1.165) is 17.5 Å². The van der Waals surface area contributed by atoms with E-state index in [2.05, 4.69) is 13.8 Å². The first-order valence-electron chi connectivity index (χ1n) is 7.62. The minimum Gasteiger partial charge on any atom is -0.425 e. The van der Waals surface area contributed by atoms with E-state index in [1.54, 1.807) is 0 Å². The van der Waals surface area contributed by atoms with Gasteiger partial charge in [-0.3, -0.25) is 0 Å². The maximum absolute atomic E-state index is 11.9. The van der Waals surface area contributed by atoms with Crippen LogP contribution in [0.1, 0.15) is 37.3 Å². The summed E-state index contributed by atoms with van der Waals surface area (Å²) in [5, 5.41) is 0. The van der Waals surface area contributed by atoms with Gasteiger partial charge < -0.3 is 9.47 Å². The summed E-state index contributed by atoms with van der Waals surface area (Å²) >= 11 is 0. The van der Waals surface area contributed by atoms with E-state index in [-0.39, 0.29) is 12.6 Å². The minimum atomic E-state index is -0.369. The highest BCUT2D eigenvalue weighted by Gasteiger charge is 2.13. The first-order valence-corrected chi connectivity index (χ1v) is 7.62. The summed E-state index contributed by atoms with van der Waals surface area (Å²) in [6.45, 7) is 4.59. The van der Waals surface area contributed by atoms with Crippen LogP contribution in [0.3, 0.4) is 0 Å². The van der Waals surface area contributed by atoms with Crippen molar-refractivity contribution >= 4 is 5.97 Å². The normalized spacial score (nSPS) is 11.9. The Morgan fingerprint density at radius 2 is 1.73 bits per heavy atom. The van der Waals surface area contributed by atoms with Crippen molar-refractivity contribution in [1.29, 1.82) is 0 Å². The summed E-state index contributed by atoms with van der Waals surface area (Å²) in [5.74, 6) is 0.617. The number of benzene rings is 2. The first kappa shape index (κ1) is 16.2. The Morgan fingerprint density at radius 3 is 2.45 bits per heavy atom. The topological polar surface area (TPSA) is 35.5 Å². The number of ether oxygens (including phenoxy) is 2. The number of carbonyl (C=O) groups excluding carboxylic acids is 1. The average Bonchev–Trinajstić information content (AvgIpc) is 2.55. The van der Waals surface area contributed by atoms with Gasteiger partial charge in [0.05, 0.1) is 6.61 Å². The molecule has 0 saturated heterocycles. The molecule has 22 heavy (non-hydrogen) atoms. The molecule has 2 rings (SSSR count). The number of carbonyl (C=O) groups is 1. The molecule has 0 fully saturated rings. The smallest absolute Gasteiger partial charge is 0.337 e. The van der Waals surface area contributed by atoms with E-state index in [0.29, 0.717) is 18.3 Å². The largest absolute Gasteiger partial charge is 0.425 e. The molecule has 116 valence electrons. The van der Waals surface area contributed by atoms with Crippen LogP contribution in [0.2, 0.25) is 0 Å². The van der Waals surface area contributed by atoms with Crippen molar-refractivity contribution in [2.75, 3.05) is 6.61 Å². The summed E-state index contributed by atoms with van der Waals surface area (Å²) < 4.78 is 10.8. The number of para-hydroxylation sites is 1. The van der Waals surface area contributed by atoms with Crippen LogP contribution in [-0.4, -0.2) is 12.6 Å². The van der Waals surface area contributed by atoms with Gasteiger partial charge in [-0.05, 0) is 29.5 Å². The third-order valence-electron chi connectivity index (χ3n) is 3.62. The lowest BCUT2D eigenvalue weighted by molar-refractivity contribution is -0.140. The SMILES string of the molecule is CCC(C)c1ccccc1OC(=O)COCc1ccccc1. The van der Waals surface area contributed by atoms with Crippen LogP contribution in [0.5, 0.6) is 5.75 Å². The van der Waals surface area contributed by atoms with Crippen molar-refractivity contribution in [3.05, 3.63) is 65.7 Å². The highest BCUT2D eigenvalue weighted by Crippen LogP contribution is 2.28. The summed E-state index contributed by atoms with van der Waals surface area (Å²) in [6, 6.07) is 17.4. The van der Waals surface area contributed by atoms with Gasteiger partial charge in [-0.15, -0.1) is 0 Å². The molecule has 0 radical (unpaired) electrons. The molecule has 2 aromatic rings. The van der Waals surface area contributed by atoms with Crippen LogP contribution in [-0.2, 0) is 16.1 Å². The second-order valence-corrected chi connectivity index (χ2v) is 5.30. The van der Waals surface area contributed by atoms with Crippen molar-refractivity contribution in [2.45, 2.75) is 32.8 Å². The molecule has 0 N–H and O–H groups in total. The minimum absolute atomic E-state index is 0.0519. The summed E-state index contributed by atoms with van der Waals surface area (Å²) in [5.41, 5.74) is 2.09. The lowest BCUT2D eigenvalue weighted by Crippen LogP contribution is -2.16. The summed E-state index contributed by atoms with van der Waals surface area (Å²) in [7, 11) is 0. The number of hydrogen-bond acceptors (Lipinski definition) is 3. The molecular formula is C19H22O3. The molecule has 1 unspecified atom stereocenters. The molecule has 2 aromatic carbocycles. The monoisotopic (exact) mass is 298 g/mol. The van der Waals surface area contributed by atoms with Gasteiger partial charge in [-0.2, -0.15) is 0 Å². The summed E-state index contributed by atoms with van der Waals surface area (Å²) in [6.07, 6.45) is 0.999. The van der Waals surface area contributed by atoms with Crippen molar-refractivity contribution < 1.29 is 14.3 Å². The van der Waals surface area contributed by atoms with E-state index in [4.69, 9.17) is 9.47 Å². The van der Waals surface area contributed by atoms with Crippen molar-refractivity contribution in [1.82, 2.24) is 0 Å². The van der Waals surface area contributed by atoms with E-state index in [9.17, 15) is 4.79 Å². The number of rotatable bonds is 7. The van der Waals surface area contributed by atoms with E-state index in [1.807, 2.05) is 54.6 Å². The van der Waals surface area contributed by atoms with Crippen molar-refractivity contribution in [2.24, 2.45) is 0 Å². The fourth-order valence-corrected chi connectivity index (χ4v) is 2.18. The quantitative estimate of drug-likeness (QED) is 0.564. The molecule has 1 atom stereocenters. The Balaban J connectivity index is 1.87. The van der Waals surface area contributed by atoms with Gasteiger partial charge in [0.2, 0.25) is 0 Å². The van der Waals surface area contributed by atoms with E-state index in [1.165, 1.54) is 0 Å². The molecule has 0 saturated carbocycles. The van der Waals surface area contributed by atoms with Gasteiger partial charge in [-0.25, -0.2) is 4.79 Å². The van der Waals surface area contributed by atoms with Gasteiger partial charge in [0.1, 0.15) is 12.4 Å². The third kappa shape index (κ3) is 4.71. The Bertz CT molecular complexity index is 593. The van der Waals surface area contributed by atoms with Crippen molar-refractivity contribution in [3.8, 4) is 5.75 Å². The maximum Gasteiger partial charge on any atom is 0.337 e. The molecule has 0 heterocycles. The Hall–Kier alpha value is -2.13. The lowest BCUT2D eigenvalue weighted by atomic mass is 9.98. The fourth-order valence-electron chi connectivity index (χ4n) is 2.18. The maximum atomic E-state index is 11.9. The molecule has 3 nitrogen and oxygen atoms in total. The van der Waals surface area contributed by atoms with Gasteiger partial charge >= 0.3 is 5.97 Å². The third-order valence-corrected chi connectivity index (χ3v) is 3.62. The zero-order chi connectivity index (χ0) is 15.8. The second-order valence-electron chi connectivity index (χ2n) is 5.30. The van der Waals surface area contributed by atoms with E-state index < -0.39 is 0 Å². The van der Waals surface area contributed by atoms with Crippen LogP contribution >= 0.6 is 0 Å². The highest BCUT2D eigenvalue weighted by molar-refractivity contribution is 5.74. The second kappa shape index (κ2) is 8.35. The van der Waals surface area contributed by atoms with Crippen LogP contribution in [0.15, 0.2) is 54.6 Å². The Kier molecular flexibility index (Phi) is 6.16. The first-order chi connectivity index (χ1) is 10.7. The Labute approximate surface area is 131 Å². The van der Waals surface area contributed by atoms with Crippen LogP contribution in [0.25, 0.3) is 0 Å². The zero-order valence-electron chi connectivity index (χ0n) is 13.1. The van der Waals surface area contributed by atoms with Crippen molar-refractivity contribution in [3.63, 3.8) is 0 Å². The average molecular weight is 298 g/mol. The van der Waals surface area contributed by atoms with Gasteiger partial charge in [0, 0.05) is 0 Å². The number of esters is 1. The van der Waals surface area contributed by atoms with Gasteiger partial charge in [0.25, 0.3) is 0 Å². The highest BCUT2D eigenvalue weighted by atomic mass is 16.6. The predicted molar refractivity (Wildman–Crippen MR) is 86.9 cm³/mol. The van der Waals surface area contributed by atoms with Gasteiger partial charge in [0.15, 0.2) is 0 Å². The Morgan fingerprint density at radius 1 is 1.05 bits per heavy atom. The van der Waals surface area contributed by atoms with E-state index >= 15 is 0 Å².